The molecule has 1 atom stereocenters. The molecule has 0 aromatic heterocycles. The number of methoxy groups -OCH3 is 2. The molecule has 1 amide bonds. The van der Waals surface area contributed by atoms with Crippen LogP contribution in [0.3, 0.4) is 0 Å². The van der Waals surface area contributed by atoms with Gasteiger partial charge in [0, 0.05) is 13.2 Å². The van der Waals surface area contributed by atoms with Crippen molar-refractivity contribution >= 4 is 15.7 Å². The highest BCUT2D eigenvalue weighted by Crippen LogP contribution is 2.18. The monoisotopic (exact) mass is 301 g/mol. The van der Waals surface area contributed by atoms with Crippen LogP contribution in [-0.4, -0.2) is 46.9 Å². The number of rotatable bonds is 7. The van der Waals surface area contributed by atoms with Gasteiger partial charge in [0.05, 0.1) is 18.6 Å². The van der Waals surface area contributed by atoms with Crippen LogP contribution in [0.5, 0.6) is 5.75 Å². The van der Waals surface area contributed by atoms with E-state index in [2.05, 4.69) is 5.32 Å². The number of carbonyl (C=O) groups excluding carboxylic acids is 1. The van der Waals surface area contributed by atoms with Crippen molar-refractivity contribution in [3.63, 3.8) is 0 Å². The van der Waals surface area contributed by atoms with Gasteiger partial charge < -0.3 is 14.8 Å². The van der Waals surface area contributed by atoms with Gasteiger partial charge in [-0.3, -0.25) is 4.79 Å². The van der Waals surface area contributed by atoms with Gasteiger partial charge in [-0.05, 0) is 25.1 Å². The lowest BCUT2D eigenvalue weighted by Crippen LogP contribution is -2.39. The Hall–Kier alpha value is -1.60. The van der Waals surface area contributed by atoms with E-state index in [9.17, 15) is 13.2 Å². The van der Waals surface area contributed by atoms with Gasteiger partial charge in [-0.1, -0.05) is 6.07 Å². The minimum absolute atomic E-state index is 0.0615. The maximum atomic E-state index is 12.1. The van der Waals surface area contributed by atoms with Gasteiger partial charge in [0.15, 0.2) is 9.84 Å². The van der Waals surface area contributed by atoms with Crippen LogP contribution in [0.25, 0.3) is 0 Å². The molecule has 0 radical (unpaired) electrons. The van der Waals surface area contributed by atoms with Gasteiger partial charge in [-0.2, -0.15) is 0 Å². The average Bonchev–Trinajstić information content (AvgIpc) is 2.38. The molecule has 0 saturated carbocycles. The molecule has 0 spiro atoms. The number of carbonyl (C=O) groups is 1. The van der Waals surface area contributed by atoms with Crippen molar-refractivity contribution in [3.05, 3.63) is 24.3 Å². The molecule has 0 heterocycles. The highest BCUT2D eigenvalue weighted by atomic mass is 32.2. The van der Waals surface area contributed by atoms with Crippen molar-refractivity contribution in [2.24, 2.45) is 0 Å². The fourth-order valence-electron chi connectivity index (χ4n) is 1.66. The van der Waals surface area contributed by atoms with Crippen LogP contribution in [0.2, 0.25) is 0 Å². The van der Waals surface area contributed by atoms with E-state index in [1.54, 1.807) is 19.1 Å². The summed E-state index contributed by atoms with van der Waals surface area (Å²) in [5.74, 6) is -0.731. The number of benzene rings is 1. The largest absolute Gasteiger partial charge is 0.497 e. The third-order valence-corrected chi connectivity index (χ3v) is 4.16. The SMILES string of the molecule is COC[C@@H](C)NC(=O)CS(=O)(=O)c1cccc(OC)c1. The van der Waals surface area contributed by atoms with Crippen molar-refractivity contribution in [1.29, 1.82) is 0 Å². The van der Waals surface area contributed by atoms with Gasteiger partial charge in [0.1, 0.15) is 11.5 Å². The molecular weight excluding hydrogens is 282 g/mol. The van der Waals surface area contributed by atoms with E-state index in [4.69, 9.17) is 9.47 Å². The van der Waals surface area contributed by atoms with Crippen LogP contribution >= 0.6 is 0 Å². The Kier molecular flexibility index (Phi) is 5.97. The Morgan fingerprint density at radius 1 is 1.35 bits per heavy atom. The van der Waals surface area contributed by atoms with Crippen molar-refractivity contribution in [2.75, 3.05) is 26.6 Å². The van der Waals surface area contributed by atoms with E-state index in [0.717, 1.165) is 0 Å². The number of ether oxygens (including phenoxy) is 2. The zero-order valence-electron chi connectivity index (χ0n) is 11.8. The van der Waals surface area contributed by atoms with Crippen LogP contribution in [0.4, 0.5) is 0 Å². The van der Waals surface area contributed by atoms with E-state index in [0.29, 0.717) is 12.4 Å². The molecular formula is C13H19NO5S. The summed E-state index contributed by atoms with van der Waals surface area (Å²) in [6, 6.07) is 5.79. The third kappa shape index (κ3) is 4.82. The van der Waals surface area contributed by atoms with Crippen molar-refractivity contribution < 1.29 is 22.7 Å². The van der Waals surface area contributed by atoms with Gasteiger partial charge in [-0.15, -0.1) is 0 Å². The molecule has 0 saturated heterocycles. The van der Waals surface area contributed by atoms with E-state index in [-0.39, 0.29) is 10.9 Å². The summed E-state index contributed by atoms with van der Waals surface area (Å²) in [6.45, 7) is 2.06. The number of amides is 1. The molecule has 0 unspecified atom stereocenters. The molecule has 0 fully saturated rings. The van der Waals surface area contributed by atoms with Crippen LogP contribution < -0.4 is 10.1 Å². The summed E-state index contributed by atoms with van der Waals surface area (Å²) in [7, 11) is -0.727. The van der Waals surface area contributed by atoms with Crippen LogP contribution in [-0.2, 0) is 19.4 Å². The molecule has 1 aromatic rings. The van der Waals surface area contributed by atoms with Gasteiger partial charge in [0.25, 0.3) is 0 Å². The fourth-order valence-corrected chi connectivity index (χ4v) is 2.84. The highest BCUT2D eigenvalue weighted by Gasteiger charge is 2.20. The maximum absolute atomic E-state index is 12.1. The predicted molar refractivity (Wildman–Crippen MR) is 74.5 cm³/mol. The predicted octanol–water partition coefficient (Wildman–Crippen LogP) is 0.620. The molecule has 20 heavy (non-hydrogen) atoms. The second-order valence-corrected chi connectivity index (χ2v) is 6.35. The second kappa shape index (κ2) is 7.25. The second-order valence-electron chi connectivity index (χ2n) is 4.36. The Labute approximate surface area is 119 Å². The lowest BCUT2D eigenvalue weighted by Gasteiger charge is -2.13. The Balaban J connectivity index is 2.76. The minimum atomic E-state index is -3.69. The first-order valence-corrected chi connectivity index (χ1v) is 7.69. The van der Waals surface area contributed by atoms with Gasteiger partial charge in [-0.25, -0.2) is 8.42 Å². The Morgan fingerprint density at radius 3 is 2.65 bits per heavy atom. The van der Waals surface area contributed by atoms with Gasteiger partial charge >= 0.3 is 0 Å². The summed E-state index contributed by atoms with van der Waals surface area (Å²) >= 11 is 0. The van der Waals surface area contributed by atoms with Gasteiger partial charge in [0.2, 0.25) is 5.91 Å². The van der Waals surface area contributed by atoms with E-state index in [1.807, 2.05) is 0 Å². The summed E-state index contributed by atoms with van der Waals surface area (Å²) < 4.78 is 34.0. The summed E-state index contributed by atoms with van der Waals surface area (Å²) in [6.07, 6.45) is 0. The summed E-state index contributed by atoms with van der Waals surface area (Å²) in [5.41, 5.74) is 0. The molecule has 6 nitrogen and oxygen atoms in total. The van der Waals surface area contributed by atoms with E-state index < -0.39 is 21.5 Å². The first-order chi connectivity index (χ1) is 9.39. The lowest BCUT2D eigenvalue weighted by atomic mass is 10.3. The quantitative estimate of drug-likeness (QED) is 0.798. The molecule has 7 heteroatoms. The number of sulfone groups is 1. The van der Waals surface area contributed by atoms with Crippen LogP contribution in [0.15, 0.2) is 29.2 Å². The maximum Gasteiger partial charge on any atom is 0.235 e. The smallest absolute Gasteiger partial charge is 0.235 e. The molecule has 112 valence electrons. The normalized spacial score (nSPS) is 12.8. The number of hydrogen-bond acceptors (Lipinski definition) is 5. The molecule has 1 N–H and O–H groups in total. The van der Waals surface area contributed by atoms with Crippen molar-refractivity contribution in [3.8, 4) is 5.75 Å². The highest BCUT2D eigenvalue weighted by molar-refractivity contribution is 7.92. The zero-order chi connectivity index (χ0) is 15.2. The molecule has 0 aliphatic rings. The molecule has 0 bridgehead atoms. The lowest BCUT2D eigenvalue weighted by molar-refractivity contribution is -0.119. The average molecular weight is 301 g/mol. The number of hydrogen-bond donors (Lipinski definition) is 1. The molecule has 1 aromatic carbocycles. The van der Waals surface area contributed by atoms with Crippen LogP contribution in [0.1, 0.15) is 6.92 Å². The first-order valence-electron chi connectivity index (χ1n) is 6.04. The van der Waals surface area contributed by atoms with Crippen LogP contribution in [0, 0.1) is 0 Å². The standard InChI is InChI=1S/C13H19NO5S/c1-10(8-18-2)14-13(15)9-20(16,17)12-6-4-5-11(7-12)19-3/h4-7,10H,8-9H2,1-3H3,(H,14,15)/t10-/m1/s1. The van der Waals surface area contributed by atoms with E-state index in [1.165, 1.54) is 26.4 Å². The summed E-state index contributed by atoms with van der Waals surface area (Å²) in [4.78, 5) is 11.8. The zero-order valence-corrected chi connectivity index (χ0v) is 12.6. The topological polar surface area (TPSA) is 81.7 Å². The fraction of sp³-hybridized carbons (Fsp3) is 0.462. The Morgan fingerprint density at radius 2 is 2.05 bits per heavy atom. The molecule has 1 rings (SSSR count). The third-order valence-electron chi connectivity index (χ3n) is 2.55. The molecule has 0 aliphatic carbocycles. The first kappa shape index (κ1) is 16.5. The Bertz CT molecular complexity index is 556. The van der Waals surface area contributed by atoms with Crippen molar-refractivity contribution in [1.82, 2.24) is 5.32 Å². The van der Waals surface area contributed by atoms with Crippen molar-refractivity contribution in [2.45, 2.75) is 17.9 Å². The van der Waals surface area contributed by atoms with E-state index >= 15 is 0 Å². The number of nitrogens with one attached hydrogen (secondary N) is 1. The summed E-state index contributed by atoms with van der Waals surface area (Å²) in [5, 5.41) is 2.56. The molecule has 0 aliphatic heterocycles. The minimum Gasteiger partial charge on any atom is -0.497 e.